The second kappa shape index (κ2) is 14.4. The summed E-state index contributed by atoms with van der Waals surface area (Å²) < 4.78 is 0. The lowest BCUT2D eigenvalue weighted by Gasteiger charge is -2.05. The summed E-state index contributed by atoms with van der Waals surface area (Å²) in [6, 6.07) is 0. The maximum absolute atomic E-state index is 11.5. The molecule has 2 N–H and O–H groups in total. The van der Waals surface area contributed by atoms with Gasteiger partial charge in [0.2, 0.25) is 5.91 Å². The lowest BCUT2D eigenvalue weighted by Crippen LogP contribution is -2.23. The van der Waals surface area contributed by atoms with Gasteiger partial charge in [0.25, 0.3) is 0 Å². The predicted molar refractivity (Wildman–Crippen MR) is 81.7 cm³/mol. The Hall–Kier alpha value is -1.06. The quantitative estimate of drug-likeness (QED) is 0.476. The van der Waals surface area contributed by atoms with E-state index in [-0.39, 0.29) is 12.3 Å². The third-order valence-electron chi connectivity index (χ3n) is 3.40. The molecule has 0 aromatic heterocycles. The number of carboxylic acids is 1. The Morgan fingerprint density at radius 1 is 0.800 bits per heavy atom. The number of amides is 1. The summed E-state index contributed by atoms with van der Waals surface area (Å²) in [6.07, 6.45) is 11.7. The Labute approximate surface area is 123 Å². The predicted octanol–water partition coefficient (Wildman–Crippen LogP) is 3.89. The van der Waals surface area contributed by atoms with E-state index in [1.165, 1.54) is 19.3 Å². The summed E-state index contributed by atoms with van der Waals surface area (Å²) in [5.41, 5.74) is 0. The lowest BCUT2D eigenvalue weighted by atomic mass is 10.1. The van der Waals surface area contributed by atoms with Gasteiger partial charge >= 0.3 is 5.97 Å². The maximum Gasteiger partial charge on any atom is 0.303 e. The van der Waals surface area contributed by atoms with Gasteiger partial charge in [-0.15, -0.1) is 0 Å². The zero-order valence-electron chi connectivity index (χ0n) is 13.0. The highest BCUT2D eigenvalue weighted by atomic mass is 16.4. The van der Waals surface area contributed by atoms with Crippen molar-refractivity contribution in [3.05, 3.63) is 0 Å². The number of carboxylic acid groups (broad SMARTS) is 1. The Morgan fingerprint density at radius 2 is 1.35 bits per heavy atom. The summed E-state index contributed by atoms with van der Waals surface area (Å²) in [5, 5.41) is 11.4. The molecule has 0 radical (unpaired) electrons. The molecule has 0 aliphatic heterocycles. The molecule has 118 valence electrons. The molecule has 0 aromatic rings. The van der Waals surface area contributed by atoms with Gasteiger partial charge in [0.15, 0.2) is 0 Å². The monoisotopic (exact) mass is 285 g/mol. The van der Waals surface area contributed by atoms with Crippen LogP contribution in [0, 0.1) is 0 Å². The van der Waals surface area contributed by atoms with E-state index in [0.29, 0.717) is 6.42 Å². The fourth-order valence-corrected chi connectivity index (χ4v) is 2.14. The highest BCUT2D eigenvalue weighted by Crippen LogP contribution is 2.06. The normalized spacial score (nSPS) is 10.4. The van der Waals surface area contributed by atoms with Crippen LogP contribution in [0.5, 0.6) is 0 Å². The van der Waals surface area contributed by atoms with Crippen molar-refractivity contribution < 1.29 is 14.7 Å². The number of rotatable bonds is 14. The van der Waals surface area contributed by atoms with Crippen LogP contribution < -0.4 is 5.32 Å². The largest absolute Gasteiger partial charge is 0.481 e. The van der Waals surface area contributed by atoms with Crippen LogP contribution in [0.3, 0.4) is 0 Å². The van der Waals surface area contributed by atoms with Crippen molar-refractivity contribution >= 4 is 11.9 Å². The van der Waals surface area contributed by atoms with E-state index in [4.69, 9.17) is 5.11 Å². The van der Waals surface area contributed by atoms with E-state index in [2.05, 4.69) is 12.2 Å². The van der Waals surface area contributed by atoms with Crippen LogP contribution >= 0.6 is 0 Å². The molecular weight excluding hydrogens is 254 g/mol. The first kappa shape index (κ1) is 18.9. The Balaban J connectivity index is 3.17. The molecule has 0 spiro atoms. The molecular formula is C16H31NO3. The van der Waals surface area contributed by atoms with E-state index < -0.39 is 5.97 Å². The van der Waals surface area contributed by atoms with Crippen molar-refractivity contribution in [1.82, 2.24) is 5.32 Å². The van der Waals surface area contributed by atoms with Crippen LogP contribution in [-0.4, -0.2) is 23.5 Å². The summed E-state index contributed by atoms with van der Waals surface area (Å²) in [6.45, 7) is 2.95. The second-order valence-electron chi connectivity index (χ2n) is 5.43. The number of aliphatic carboxylic acids is 1. The zero-order chi connectivity index (χ0) is 15.1. The molecule has 0 aliphatic rings. The molecule has 0 aromatic carbocycles. The Morgan fingerprint density at radius 3 is 2.00 bits per heavy atom. The summed E-state index contributed by atoms with van der Waals surface area (Å²) in [7, 11) is 0. The molecule has 0 rings (SSSR count). The first-order chi connectivity index (χ1) is 9.66. The minimum atomic E-state index is -0.712. The molecule has 4 nitrogen and oxygen atoms in total. The number of hydrogen-bond acceptors (Lipinski definition) is 2. The Bertz CT molecular complexity index is 254. The molecule has 0 bridgehead atoms. The maximum atomic E-state index is 11.5. The number of hydrogen-bond donors (Lipinski definition) is 2. The minimum Gasteiger partial charge on any atom is -0.481 e. The fraction of sp³-hybridized carbons (Fsp3) is 0.875. The van der Waals surface area contributed by atoms with Crippen molar-refractivity contribution in [3.63, 3.8) is 0 Å². The highest BCUT2D eigenvalue weighted by Gasteiger charge is 2.00. The van der Waals surface area contributed by atoms with Crippen molar-refractivity contribution in [2.45, 2.75) is 84.0 Å². The number of carbonyl (C=O) groups excluding carboxylic acids is 1. The van der Waals surface area contributed by atoms with Gasteiger partial charge in [-0.3, -0.25) is 9.59 Å². The minimum absolute atomic E-state index is 0.173. The topological polar surface area (TPSA) is 66.4 Å². The lowest BCUT2D eigenvalue weighted by molar-refractivity contribution is -0.137. The van der Waals surface area contributed by atoms with Crippen molar-refractivity contribution in [3.8, 4) is 0 Å². The number of carbonyl (C=O) groups is 2. The number of nitrogens with one attached hydrogen (secondary N) is 1. The Kier molecular flexibility index (Phi) is 13.6. The van der Waals surface area contributed by atoms with Crippen LogP contribution in [0.15, 0.2) is 0 Å². The first-order valence-electron chi connectivity index (χ1n) is 8.15. The average molecular weight is 285 g/mol. The zero-order valence-corrected chi connectivity index (χ0v) is 13.0. The van der Waals surface area contributed by atoms with Crippen molar-refractivity contribution in [1.29, 1.82) is 0 Å². The molecule has 0 atom stereocenters. The van der Waals surface area contributed by atoms with Crippen LogP contribution in [0.1, 0.15) is 84.0 Å². The van der Waals surface area contributed by atoms with Crippen LogP contribution in [0.2, 0.25) is 0 Å². The smallest absolute Gasteiger partial charge is 0.303 e. The van der Waals surface area contributed by atoms with Gasteiger partial charge < -0.3 is 10.4 Å². The molecule has 0 heterocycles. The molecule has 0 fully saturated rings. The van der Waals surface area contributed by atoms with E-state index in [0.717, 1.165) is 51.5 Å². The molecule has 0 saturated carbocycles. The summed E-state index contributed by atoms with van der Waals surface area (Å²) in [5.74, 6) is -0.538. The van der Waals surface area contributed by atoms with Gasteiger partial charge in [0.1, 0.15) is 0 Å². The average Bonchev–Trinajstić information content (AvgIpc) is 2.41. The van der Waals surface area contributed by atoms with Crippen LogP contribution in [0.4, 0.5) is 0 Å². The van der Waals surface area contributed by atoms with E-state index >= 15 is 0 Å². The second-order valence-corrected chi connectivity index (χ2v) is 5.43. The van der Waals surface area contributed by atoms with Crippen LogP contribution in [0.25, 0.3) is 0 Å². The standard InChI is InChI=1S/C16H31NO3/c1-2-3-4-6-9-12-15(18)17-14-11-8-5-7-10-13-16(19)20/h2-14H2,1H3,(H,17,18)(H,19,20). The van der Waals surface area contributed by atoms with Gasteiger partial charge in [0.05, 0.1) is 0 Å². The first-order valence-corrected chi connectivity index (χ1v) is 8.15. The van der Waals surface area contributed by atoms with Gasteiger partial charge in [-0.2, -0.15) is 0 Å². The molecule has 4 heteroatoms. The van der Waals surface area contributed by atoms with E-state index in [1.54, 1.807) is 0 Å². The third kappa shape index (κ3) is 15.0. The summed E-state index contributed by atoms with van der Waals surface area (Å²) in [4.78, 5) is 21.8. The molecule has 0 saturated heterocycles. The molecule has 0 aliphatic carbocycles. The van der Waals surface area contributed by atoms with E-state index in [1.807, 2.05) is 0 Å². The molecule has 1 amide bonds. The third-order valence-corrected chi connectivity index (χ3v) is 3.40. The van der Waals surface area contributed by atoms with Gasteiger partial charge in [0, 0.05) is 19.4 Å². The van der Waals surface area contributed by atoms with Gasteiger partial charge in [-0.1, -0.05) is 51.9 Å². The fourth-order valence-electron chi connectivity index (χ4n) is 2.14. The van der Waals surface area contributed by atoms with Gasteiger partial charge in [-0.25, -0.2) is 0 Å². The molecule has 0 unspecified atom stereocenters. The van der Waals surface area contributed by atoms with Gasteiger partial charge in [-0.05, 0) is 19.3 Å². The molecule has 20 heavy (non-hydrogen) atoms. The van der Waals surface area contributed by atoms with Crippen LogP contribution in [-0.2, 0) is 9.59 Å². The van der Waals surface area contributed by atoms with Crippen molar-refractivity contribution in [2.75, 3.05) is 6.54 Å². The van der Waals surface area contributed by atoms with Crippen molar-refractivity contribution in [2.24, 2.45) is 0 Å². The summed E-state index contributed by atoms with van der Waals surface area (Å²) >= 11 is 0. The SMILES string of the molecule is CCCCCCCC(=O)NCCCCCCCC(=O)O. The highest BCUT2D eigenvalue weighted by molar-refractivity contribution is 5.75. The number of unbranched alkanes of at least 4 members (excludes halogenated alkanes) is 8. The van der Waals surface area contributed by atoms with E-state index in [9.17, 15) is 9.59 Å².